The quantitative estimate of drug-likeness (QED) is 0.627. The van der Waals surface area contributed by atoms with Crippen LogP contribution in [-0.4, -0.2) is 42.9 Å². The lowest BCUT2D eigenvalue weighted by Gasteiger charge is -2.18. The summed E-state index contributed by atoms with van der Waals surface area (Å²) in [6, 6.07) is 5.14. The van der Waals surface area contributed by atoms with Crippen molar-refractivity contribution < 1.29 is 9.18 Å². The van der Waals surface area contributed by atoms with Gasteiger partial charge in [-0.15, -0.1) is 0 Å². The van der Waals surface area contributed by atoms with Crippen molar-refractivity contribution in [3.05, 3.63) is 35.5 Å². The molecule has 1 aliphatic rings. The molecule has 1 aromatic heterocycles. The molecule has 0 atom stereocenters. The van der Waals surface area contributed by atoms with Crippen LogP contribution in [-0.2, 0) is 0 Å². The number of carbonyl (C=O) groups is 1. The Balaban J connectivity index is 2.31. The second kappa shape index (κ2) is 6.35. The van der Waals surface area contributed by atoms with Gasteiger partial charge in [0.1, 0.15) is 11.8 Å². The molecule has 6 heteroatoms. The van der Waals surface area contributed by atoms with Crippen LogP contribution in [0.25, 0.3) is 0 Å². The lowest BCUT2D eigenvalue weighted by Crippen LogP contribution is -2.20. The lowest BCUT2D eigenvalue weighted by atomic mass is 10.2. The zero-order valence-corrected chi connectivity index (χ0v) is 12.1. The summed E-state index contributed by atoms with van der Waals surface area (Å²) in [6.07, 6.45) is 3.24. The number of hydrogen-bond donors (Lipinski definition) is 0. The van der Waals surface area contributed by atoms with Gasteiger partial charge in [0.05, 0.1) is 5.69 Å². The van der Waals surface area contributed by atoms with E-state index in [1.807, 2.05) is 6.07 Å². The van der Waals surface area contributed by atoms with Gasteiger partial charge in [0.25, 0.3) is 0 Å². The van der Waals surface area contributed by atoms with E-state index in [4.69, 9.17) is 0 Å². The summed E-state index contributed by atoms with van der Waals surface area (Å²) >= 11 is 0. The summed E-state index contributed by atoms with van der Waals surface area (Å²) in [5.41, 5.74) is 0.828. The predicted octanol–water partition coefficient (Wildman–Crippen LogP) is 2.11. The fourth-order valence-electron chi connectivity index (χ4n) is 2.28. The number of anilines is 1. The van der Waals surface area contributed by atoms with Gasteiger partial charge < -0.3 is 9.80 Å². The van der Waals surface area contributed by atoms with Gasteiger partial charge in [-0.3, -0.25) is 4.79 Å². The highest BCUT2D eigenvalue weighted by atomic mass is 19.1. The Hall–Kier alpha value is -2.42. The number of halogens is 1. The van der Waals surface area contributed by atoms with E-state index in [1.54, 1.807) is 20.2 Å². The number of pyridine rings is 1. The van der Waals surface area contributed by atoms with Crippen LogP contribution in [0.5, 0.6) is 0 Å². The van der Waals surface area contributed by atoms with Gasteiger partial charge in [-0.2, -0.15) is 5.26 Å². The van der Waals surface area contributed by atoms with Crippen LogP contribution in [0.4, 0.5) is 10.1 Å². The summed E-state index contributed by atoms with van der Waals surface area (Å²) < 4.78 is 13.7. The number of hydrogen-bond acceptors (Lipinski definition) is 5. The predicted molar refractivity (Wildman–Crippen MR) is 77.6 cm³/mol. The molecule has 0 amide bonds. The van der Waals surface area contributed by atoms with Gasteiger partial charge in [0.2, 0.25) is 5.78 Å². The summed E-state index contributed by atoms with van der Waals surface area (Å²) in [7, 11) is 3.24. The summed E-state index contributed by atoms with van der Waals surface area (Å²) in [6.45, 7) is 1.75. The van der Waals surface area contributed by atoms with Crippen molar-refractivity contribution >= 4 is 11.5 Å². The van der Waals surface area contributed by atoms with Crippen LogP contribution in [0.2, 0.25) is 0 Å². The fraction of sp³-hybridized carbons (Fsp3) is 0.400. The highest BCUT2D eigenvalue weighted by Crippen LogP contribution is 2.24. The van der Waals surface area contributed by atoms with E-state index in [1.165, 1.54) is 11.0 Å². The molecule has 0 bridgehead atoms. The fourth-order valence-corrected chi connectivity index (χ4v) is 2.28. The minimum Gasteiger partial charge on any atom is -0.381 e. The zero-order valence-electron chi connectivity index (χ0n) is 12.1. The maximum Gasteiger partial charge on any atom is 0.241 e. The molecular formula is C15H17FN4O. The third kappa shape index (κ3) is 3.37. The van der Waals surface area contributed by atoms with E-state index >= 15 is 0 Å². The molecule has 0 unspecified atom stereocenters. The van der Waals surface area contributed by atoms with Crippen molar-refractivity contribution in [1.82, 2.24) is 9.88 Å². The molecule has 0 spiro atoms. The first-order valence-electron chi connectivity index (χ1n) is 6.77. The largest absolute Gasteiger partial charge is 0.381 e. The van der Waals surface area contributed by atoms with Crippen molar-refractivity contribution in [2.75, 3.05) is 32.1 Å². The second-order valence-electron chi connectivity index (χ2n) is 5.14. The lowest BCUT2D eigenvalue weighted by molar-refractivity contribution is 0.0997. The SMILES string of the molecule is CN(C)/C=C(\F)C(=O)c1ccc(N2CCCC2)c(C#N)n1. The average Bonchev–Trinajstić information content (AvgIpc) is 2.99. The van der Waals surface area contributed by atoms with E-state index < -0.39 is 11.6 Å². The number of ketones is 1. The molecule has 1 aliphatic heterocycles. The minimum atomic E-state index is -0.898. The normalized spacial score (nSPS) is 15.0. The van der Waals surface area contributed by atoms with Crippen LogP contribution >= 0.6 is 0 Å². The Bertz CT molecular complexity index is 613. The number of nitrogens with zero attached hydrogens (tertiary/aromatic N) is 4. The molecular weight excluding hydrogens is 271 g/mol. The topological polar surface area (TPSA) is 60.2 Å². The third-order valence-corrected chi connectivity index (χ3v) is 3.25. The molecule has 1 fully saturated rings. The molecule has 5 nitrogen and oxygen atoms in total. The van der Waals surface area contributed by atoms with Crippen LogP contribution in [0.3, 0.4) is 0 Å². The van der Waals surface area contributed by atoms with E-state index in [-0.39, 0.29) is 11.4 Å². The Morgan fingerprint density at radius 2 is 2.10 bits per heavy atom. The molecule has 2 rings (SSSR count). The van der Waals surface area contributed by atoms with Crippen LogP contribution in [0.1, 0.15) is 29.0 Å². The van der Waals surface area contributed by atoms with Crippen molar-refractivity contribution in [2.45, 2.75) is 12.8 Å². The van der Waals surface area contributed by atoms with Crippen molar-refractivity contribution in [2.24, 2.45) is 0 Å². The molecule has 0 radical (unpaired) electrons. The van der Waals surface area contributed by atoms with E-state index in [9.17, 15) is 14.4 Å². The Morgan fingerprint density at radius 1 is 1.43 bits per heavy atom. The minimum absolute atomic E-state index is 0.0508. The first kappa shape index (κ1) is 15.0. The number of carbonyl (C=O) groups excluding carboxylic acids is 1. The number of nitriles is 1. The molecule has 0 aliphatic carbocycles. The number of rotatable bonds is 4. The Morgan fingerprint density at radius 3 is 2.67 bits per heavy atom. The molecule has 21 heavy (non-hydrogen) atoms. The van der Waals surface area contributed by atoms with Crippen molar-refractivity contribution in [3.63, 3.8) is 0 Å². The number of aromatic nitrogens is 1. The van der Waals surface area contributed by atoms with E-state index in [0.717, 1.165) is 32.1 Å². The maximum atomic E-state index is 13.7. The van der Waals surface area contributed by atoms with Crippen LogP contribution in [0.15, 0.2) is 24.2 Å². The maximum absolute atomic E-state index is 13.7. The van der Waals surface area contributed by atoms with Gasteiger partial charge in [0.15, 0.2) is 11.5 Å². The average molecular weight is 288 g/mol. The molecule has 2 heterocycles. The summed E-state index contributed by atoms with van der Waals surface area (Å²) in [4.78, 5) is 19.4. The number of allylic oxidation sites excluding steroid dienone is 1. The third-order valence-electron chi connectivity index (χ3n) is 3.25. The van der Waals surface area contributed by atoms with Gasteiger partial charge in [-0.05, 0) is 25.0 Å². The van der Waals surface area contributed by atoms with Crippen LogP contribution in [0, 0.1) is 11.3 Å². The molecule has 0 N–H and O–H groups in total. The van der Waals surface area contributed by atoms with E-state index in [2.05, 4.69) is 9.88 Å². The Kier molecular flexibility index (Phi) is 4.53. The monoisotopic (exact) mass is 288 g/mol. The smallest absolute Gasteiger partial charge is 0.241 e. The highest BCUT2D eigenvalue weighted by molar-refractivity contribution is 6.05. The van der Waals surface area contributed by atoms with Crippen LogP contribution < -0.4 is 4.90 Å². The molecule has 1 saturated heterocycles. The first-order chi connectivity index (χ1) is 10.0. The van der Waals surface area contributed by atoms with Crippen molar-refractivity contribution in [1.29, 1.82) is 5.26 Å². The molecule has 1 aromatic rings. The molecule has 0 aromatic carbocycles. The van der Waals surface area contributed by atoms with E-state index in [0.29, 0.717) is 5.69 Å². The number of Topliss-reactive ketones (excluding diaryl/α,β-unsaturated/α-hetero) is 1. The van der Waals surface area contributed by atoms with Gasteiger partial charge >= 0.3 is 0 Å². The molecule has 110 valence electrons. The Labute approximate surface area is 123 Å². The van der Waals surface area contributed by atoms with Gasteiger partial charge in [0, 0.05) is 33.4 Å². The highest BCUT2D eigenvalue weighted by Gasteiger charge is 2.20. The van der Waals surface area contributed by atoms with Crippen molar-refractivity contribution in [3.8, 4) is 6.07 Å². The zero-order chi connectivity index (χ0) is 15.4. The second-order valence-corrected chi connectivity index (χ2v) is 5.14. The molecule has 0 saturated carbocycles. The summed E-state index contributed by atoms with van der Waals surface area (Å²) in [5, 5.41) is 9.20. The van der Waals surface area contributed by atoms with Gasteiger partial charge in [-0.25, -0.2) is 9.37 Å². The first-order valence-corrected chi connectivity index (χ1v) is 6.77. The summed E-state index contributed by atoms with van der Waals surface area (Å²) in [5.74, 6) is -1.71. The standard InChI is InChI=1S/C15H17FN4O/c1-19(2)10-11(16)15(21)12-5-6-14(13(9-17)18-12)20-7-3-4-8-20/h5-6,10H,3-4,7-8H2,1-2H3/b11-10-. The van der Waals surface area contributed by atoms with Gasteiger partial charge in [-0.1, -0.05) is 0 Å².